The van der Waals surface area contributed by atoms with Crippen molar-refractivity contribution in [2.45, 2.75) is 37.3 Å². The van der Waals surface area contributed by atoms with Gasteiger partial charge in [-0.2, -0.15) is 5.26 Å². The summed E-state index contributed by atoms with van der Waals surface area (Å²) in [6.45, 7) is 0.827. The van der Waals surface area contributed by atoms with Crippen molar-refractivity contribution >= 4 is 34.9 Å². The Kier molecular flexibility index (Phi) is 5.09. The Balaban J connectivity index is 1.24. The number of carbonyl (C=O) groups excluding carboxylic acids is 1. The second-order valence-electron chi connectivity index (χ2n) is 9.43. The predicted octanol–water partition coefficient (Wildman–Crippen LogP) is 6.12. The molecule has 34 heavy (non-hydrogen) atoms. The number of piperidine rings is 1. The fourth-order valence-corrected chi connectivity index (χ4v) is 6.46. The average molecular weight is 494 g/mol. The van der Waals surface area contributed by atoms with Crippen LogP contribution in [0.25, 0.3) is 11.3 Å². The molecule has 3 aromatic rings. The fraction of sp³-hybridized carbons (Fsp3) is 0.346. The van der Waals surface area contributed by atoms with Crippen LogP contribution in [-0.4, -0.2) is 29.3 Å². The molecule has 0 amide bonds. The van der Waals surface area contributed by atoms with Crippen LogP contribution in [0.15, 0.2) is 53.3 Å². The van der Waals surface area contributed by atoms with Gasteiger partial charge in [0.2, 0.25) is 0 Å². The quantitative estimate of drug-likeness (QED) is 0.398. The van der Waals surface area contributed by atoms with Gasteiger partial charge >= 0.3 is 5.97 Å². The van der Waals surface area contributed by atoms with E-state index in [1.54, 1.807) is 18.2 Å². The van der Waals surface area contributed by atoms with Crippen molar-refractivity contribution < 1.29 is 14.1 Å². The van der Waals surface area contributed by atoms with Gasteiger partial charge in [0.05, 0.1) is 21.7 Å². The molecule has 8 heteroatoms. The zero-order valence-electron chi connectivity index (χ0n) is 18.2. The van der Waals surface area contributed by atoms with Gasteiger partial charge in [-0.3, -0.25) is 0 Å². The third-order valence-corrected chi connectivity index (χ3v) is 8.17. The van der Waals surface area contributed by atoms with Crippen LogP contribution in [0.5, 0.6) is 0 Å². The second kappa shape index (κ2) is 8.04. The second-order valence-corrected chi connectivity index (χ2v) is 10.2. The monoisotopic (exact) mass is 493 g/mol. The highest BCUT2D eigenvalue weighted by Gasteiger charge is 2.62. The fourth-order valence-electron chi connectivity index (χ4n) is 5.88. The lowest BCUT2D eigenvalue weighted by Gasteiger charge is -2.43. The Labute approximate surface area is 207 Å². The highest BCUT2D eigenvalue weighted by Crippen LogP contribution is 2.59. The SMILES string of the molecule is N#Cc1ccc(N2C[C@@H]3C[C@@]2(C2CC2)C[C@H]3OC(=O)c2conc2-c2c(Cl)cccc2Cl)cc1. The van der Waals surface area contributed by atoms with Crippen molar-refractivity contribution in [2.24, 2.45) is 11.8 Å². The molecule has 0 spiro atoms. The van der Waals surface area contributed by atoms with Crippen LogP contribution in [0.4, 0.5) is 5.69 Å². The summed E-state index contributed by atoms with van der Waals surface area (Å²) in [5.74, 6) is 0.373. The van der Waals surface area contributed by atoms with Gasteiger partial charge in [-0.05, 0) is 61.6 Å². The van der Waals surface area contributed by atoms with E-state index in [4.69, 9.17) is 37.7 Å². The van der Waals surface area contributed by atoms with E-state index in [9.17, 15) is 4.79 Å². The summed E-state index contributed by atoms with van der Waals surface area (Å²) in [4.78, 5) is 15.7. The number of nitrogens with zero attached hydrogens (tertiary/aromatic N) is 3. The number of halogens is 2. The molecule has 1 aromatic heterocycles. The molecule has 1 aliphatic heterocycles. The van der Waals surface area contributed by atoms with E-state index in [0.29, 0.717) is 32.8 Å². The van der Waals surface area contributed by atoms with Gasteiger partial charge in [-0.15, -0.1) is 0 Å². The first kappa shape index (κ1) is 21.5. The number of carbonyl (C=O) groups is 1. The molecule has 2 saturated carbocycles. The maximum atomic E-state index is 13.2. The van der Waals surface area contributed by atoms with E-state index in [0.717, 1.165) is 25.1 Å². The number of hydrogen-bond acceptors (Lipinski definition) is 6. The first-order chi connectivity index (χ1) is 16.5. The minimum atomic E-state index is -0.472. The molecule has 2 aliphatic carbocycles. The third-order valence-electron chi connectivity index (χ3n) is 7.54. The summed E-state index contributed by atoms with van der Waals surface area (Å²) in [7, 11) is 0. The van der Waals surface area contributed by atoms with Gasteiger partial charge < -0.3 is 14.2 Å². The number of esters is 1. The lowest BCUT2D eigenvalue weighted by Crippen LogP contribution is -2.50. The van der Waals surface area contributed by atoms with Crippen molar-refractivity contribution in [1.29, 1.82) is 5.26 Å². The van der Waals surface area contributed by atoms with Crippen LogP contribution in [0, 0.1) is 23.2 Å². The van der Waals surface area contributed by atoms with Crippen molar-refractivity contribution in [2.75, 3.05) is 11.4 Å². The molecule has 0 radical (unpaired) electrons. The minimum Gasteiger partial charge on any atom is -0.458 e. The standard InChI is InChI=1S/C26H21Cl2N3O3/c27-20-2-1-3-21(28)23(20)24-19(14-33-30-24)25(32)34-22-11-26(17-6-7-17)10-16(22)13-31(26)18-8-4-15(12-29)5-9-18/h1-5,8-9,14,16-17,22H,6-7,10-11,13H2/t16-,22+,26-/m0/s1. The third kappa shape index (κ3) is 3.38. The summed E-state index contributed by atoms with van der Waals surface area (Å²) in [5.41, 5.74) is 2.76. The zero-order valence-corrected chi connectivity index (χ0v) is 19.7. The number of fused-ring (bicyclic) bond motifs is 2. The molecule has 2 heterocycles. The van der Waals surface area contributed by atoms with Crippen LogP contribution in [0.3, 0.4) is 0 Å². The van der Waals surface area contributed by atoms with Crippen LogP contribution < -0.4 is 4.90 Å². The summed E-state index contributed by atoms with van der Waals surface area (Å²) >= 11 is 12.7. The minimum absolute atomic E-state index is 0.00665. The number of anilines is 1. The molecule has 2 aromatic carbocycles. The molecule has 0 N–H and O–H groups in total. The zero-order chi connectivity index (χ0) is 23.4. The molecular formula is C26H21Cl2N3O3. The van der Waals surface area contributed by atoms with Gasteiger partial charge in [0.1, 0.15) is 23.6 Å². The molecule has 1 saturated heterocycles. The smallest absolute Gasteiger partial charge is 0.344 e. The summed E-state index contributed by atoms with van der Waals surface area (Å²) in [5, 5.41) is 13.9. The molecule has 6 rings (SSSR count). The van der Waals surface area contributed by atoms with Crippen molar-refractivity contribution in [3.05, 3.63) is 69.9 Å². The largest absolute Gasteiger partial charge is 0.458 e. The van der Waals surface area contributed by atoms with Crippen LogP contribution in [0.2, 0.25) is 10.0 Å². The maximum absolute atomic E-state index is 13.2. The first-order valence-corrected chi connectivity index (χ1v) is 12.1. The highest BCUT2D eigenvalue weighted by molar-refractivity contribution is 6.39. The van der Waals surface area contributed by atoms with Gasteiger partial charge in [0.15, 0.2) is 0 Å². The maximum Gasteiger partial charge on any atom is 0.344 e. The van der Waals surface area contributed by atoms with Crippen LogP contribution in [0.1, 0.15) is 41.6 Å². The van der Waals surface area contributed by atoms with E-state index in [1.807, 2.05) is 24.3 Å². The summed E-state index contributed by atoms with van der Waals surface area (Å²) < 4.78 is 11.2. The number of hydrogen-bond donors (Lipinski definition) is 0. The van der Waals surface area contributed by atoms with E-state index < -0.39 is 5.97 Å². The van der Waals surface area contributed by atoms with Gasteiger partial charge in [0, 0.05) is 35.7 Å². The van der Waals surface area contributed by atoms with E-state index in [1.165, 1.54) is 19.1 Å². The predicted molar refractivity (Wildman–Crippen MR) is 128 cm³/mol. The van der Waals surface area contributed by atoms with Crippen LogP contribution >= 0.6 is 23.2 Å². The van der Waals surface area contributed by atoms with Gasteiger partial charge in [-0.25, -0.2) is 4.79 Å². The van der Waals surface area contributed by atoms with Crippen LogP contribution in [-0.2, 0) is 4.74 Å². The summed E-state index contributed by atoms with van der Waals surface area (Å²) in [6.07, 6.45) is 5.31. The number of benzene rings is 2. The number of ether oxygens (including phenoxy) is 1. The molecule has 6 nitrogen and oxygen atoms in total. The Bertz CT molecular complexity index is 1290. The van der Waals surface area contributed by atoms with Crippen molar-refractivity contribution in [3.63, 3.8) is 0 Å². The number of nitriles is 1. The average Bonchev–Trinajstić information content (AvgIpc) is 3.33. The Morgan fingerprint density at radius 3 is 2.56 bits per heavy atom. The normalized spacial score (nSPS) is 25.4. The van der Waals surface area contributed by atoms with E-state index in [-0.39, 0.29) is 23.1 Å². The molecule has 3 aliphatic rings. The Morgan fingerprint density at radius 1 is 1.15 bits per heavy atom. The molecule has 3 atom stereocenters. The topological polar surface area (TPSA) is 79.4 Å². The van der Waals surface area contributed by atoms with Gasteiger partial charge in [0.25, 0.3) is 0 Å². The van der Waals surface area contributed by atoms with Crippen molar-refractivity contribution in [1.82, 2.24) is 5.16 Å². The van der Waals surface area contributed by atoms with Crippen molar-refractivity contribution in [3.8, 4) is 17.3 Å². The van der Waals surface area contributed by atoms with E-state index >= 15 is 0 Å². The summed E-state index contributed by atoms with van der Waals surface area (Å²) in [6, 6.07) is 15.1. The van der Waals surface area contributed by atoms with Gasteiger partial charge in [-0.1, -0.05) is 34.4 Å². The number of rotatable bonds is 5. The van der Waals surface area contributed by atoms with E-state index in [2.05, 4.69) is 16.1 Å². The highest BCUT2D eigenvalue weighted by atomic mass is 35.5. The molecule has 3 fully saturated rings. The molecular weight excluding hydrogens is 473 g/mol. The lowest BCUT2D eigenvalue weighted by atomic mass is 9.89. The number of aromatic nitrogens is 1. The Hall–Kier alpha value is -3.01. The molecule has 0 unspecified atom stereocenters. The molecule has 2 bridgehead atoms. The molecule has 172 valence electrons. The lowest BCUT2D eigenvalue weighted by molar-refractivity contribution is 0.0168. The first-order valence-electron chi connectivity index (χ1n) is 11.4. The Morgan fingerprint density at radius 2 is 1.88 bits per heavy atom.